The fraction of sp³-hybridized carbons (Fsp3) is 0.615. The van der Waals surface area contributed by atoms with E-state index in [2.05, 4.69) is 49.1 Å². The van der Waals surface area contributed by atoms with Gasteiger partial charge in [0.05, 0.1) is 17.0 Å². The minimum atomic E-state index is 0.519. The molecule has 1 fully saturated rings. The Kier molecular flexibility index (Phi) is 4.97. The topological polar surface area (TPSA) is 64.8 Å². The van der Waals surface area contributed by atoms with Crippen molar-refractivity contribution in [1.29, 1.82) is 5.26 Å². The summed E-state index contributed by atoms with van der Waals surface area (Å²) in [4.78, 5) is 11.0. The van der Waals surface area contributed by atoms with Gasteiger partial charge < -0.3 is 10.2 Å². The van der Waals surface area contributed by atoms with E-state index in [9.17, 15) is 0 Å². The van der Waals surface area contributed by atoms with Gasteiger partial charge in [0, 0.05) is 25.3 Å². The van der Waals surface area contributed by atoms with Crippen LogP contribution in [0.1, 0.15) is 32.6 Å². The van der Waals surface area contributed by atoms with Gasteiger partial charge in [0.1, 0.15) is 5.82 Å². The smallest absolute Gasteiger partial charge is 0.224 e. The molecule has 0 bridgehead atoms. The number of hydrogen-bond acceptors (Lipinski definition) is 5. The fourth-order valence-corrected chi connectivity index (χ4v) is 2.32. The Labute approximate surface area is 122 Å². The van der Waals surface area contributed by atoms with Crippen molar-refractivity contribution in [2.45, 2.75) is 38.6 Å². The molecule has 5 nitrogen and oxygen atoms in total. The molecule has 0 aromatic carbocycles. The van der Waals surface area contributed by atoms with Crippen LogP contribution >= 0.6 is 15.9 Å². The lowest BCUT2D eigenvalue weighted by molar-refractivity contribution is 0.772. The lowest BCUT2D eigenvalue weighted by Gasteiger charge is -2.23. The highest BCUT2D eigenvalue weighted by molar-refractivity contribution is 9.10. The summed E-state index contributed by atoms with van der Waals surface area (Å²) in [5.74, 6) is 1.55. The third-order valence-corrected chi connectivity index (χ3v) is 3.54. The third-order valence-electron chi connectivity index (χ3n) is 2.98. The van der Waals surface area contributed by atoms with Gasteiger partial charge in [0.2, 0.25) is 5.95 Å². The Morgan fingerprint density at radius 3 is 3.00 bits per heavy atom. The third kappa shape index (κ3) is 3.80. The summed E-state index contributed by atoms with van der Waals surface area (Å²) in [7, 11) is 0. The molecule has 0 atom stereocenters. The lowest BCUT2D eigenvalue weighted by atomic mass is 10.3. The number of hydrogen-bond donors (Lipinski definition) is 1. The quantitative estimate of drug-likeness (QED) is 0.835. The molecular weight excluding hydrogens is 306 g/mol. The van der Waals surface area contributed by atoms with Crippen LogP contribution in [0.2, 0.25) is 0 Å². The van der Waals surface area contributed by atoms with Crippen molar-refractivity contribution in [2.24, 2.45) is 0 Å². The first-order valence-electron chi connectivity index (χ1n) is 6.66. The fourth-order valence-electron chi connectivity index (χ4n) is 1.90. The van der Waals surface area contributed by atoms with Gasteiger partial charge >= 0.3 is 0 Å². The van der Waals surface area contributed by atoms with Crippen molar-refractivity contribution in [3.63, 3.8) is 0 Å². The summed E-state index contributed by atoms with van der Waals surface area (Å²) >= 11 is 3.51. The van der Waals surface area contributed by atoms with Gasteiger partial charge in [-0.15, -0.1) is 0 Å². The van der Waals surface area contributed by atoms with Gasteiger partial charge in [0.25, 0.3) is 0 Å². The minimum absolute atomic E-state index is 0.519. The molecule has 1 aromatic rings. The Morgan fingerprint density at radius 1 is 1.58 bits per heavy atom. The van der Waals surface area contributed by atoms with Crippen LogP contribution in [0.4, 0.5) is 11.8 Å². The summed E-state index contributed by atoms with van der Waals surface area (Å²) in [6.45, 7) is 3.70. The predicted molar refractivity (Wildman–Crippen MR) is 79.1 cm³/mol. The van der Waals surface area contributed by atoms with Crippen molar-refractivity contribution in [2.75, 3.05) is 23.3 Å². The lowest BCUT2D eigenvalue weighted by Crippen LogP contribution is -2.28. The molecular formula is C13H18BrN5. The first-order chi connectivity index (χ1) is 9.26. The maximum atomic E-state index is 8.77. The molecule has 2 rings (SSSR count). The molecule has 1 aromatic heterocycles. The number of aromatic nitrogens is 2. The Morgan fingerprint density at radius 2 is 2.37 bits per heavy atom. The van der Waals surface area contributed by atoms with Crippen molar-refractivity contribution in [3.05, 3.63) is 10.7 Å². The first-order valence-corrected chi connectivity index (χ1v) is 7.45. The zero-order valence-corrected chi connectivity index (χ0v) is 12.7. The summed E-state index contributed by atoms with van der Waals surface area (Å²) in [6, 6.07) is 2.73. The molecule has 1 saturated carbocycles. The van der Waals surface area contributed by atoms with Gasteiger partial charge in [-0.3, -0.25) is 0 Å². The normalized spacial score (nSPS) is 13.9. The van der Waals surface area contributed by atoms with E-state index in [4.69, 9.17) is 5.26 Å². The number of nitrogens with zero attached hydrogens (tertiary/aromatic N) is 4. The largest absolute Gasteiger partial charge is 0.354 e. The molecule has 102 valence electrons. The highest BCUT2D eigenvalue weighted by atomic mass is 79.9. The van der Waals surface area contributed by atoms with Crippen LogP contribution in [0, 0.1) is 11.3 Å². The number of nitrogens with one attached hydrogen (secondary N) is 1. The number of halogens is 1. The number of rotatable bonds is 7. The van der Waals surface area contributed by atoms with E-state index in [1.807, 2.05) is 0 Å². The van der Waals surface area contributed by atoms with Gasteiger partial charge in [-0.05, 0) is 35.2 Å². The second kappa shape index (κ2) is 6.71. The average molecular weight is 324 g/mol. The maximum absolute atomic E-state index is 8.77. The van der Waals surface area contributed by atoms with Crippen LogP contribution < -0.4 is 10.2 Å². The molecule has 0 unspecified atom stereocenters. The second-order valence-electron chi connectivity index (χ2n) is 4.62. The first kappa shape index (κ1) is 14.1. The Bertz CT molecular complexity index is 467. The van der Waals surface area contributed by atoms with Crippen LogP contribution in [0.25, 0.3) is 0 Å². The van der Waals surface area contributed by atoms with Crippen LogP contribution in [-0.2, 0) is 0 Å². The second-order valence-corrected chi connectivity index (χ2v) is 5.48. The maximum Gasteiger partial charge on any atom is 0.224 e. The average Bonchev–Trinajstić information content (AvgIpc) is 3.24. The number of anilines is 2. The molecule has 0 radical (unpaired) electrons. The highest BCUT2D eigenvalue weighted by Gasteiger charge is 2.31. The SMILES string of the molecule is CCCNc1ncc(Br)c(N(CCC#N)C2CC2)n1. The summed E-state index contributed by atoms with van der Waals surface area (Å²) < 4.78 is 0.888. The minimum Gasteiger partial charge on any atom is -0.354 e. The standard InChI is InChI=1S/C13H18BrN5/c1-2-7-16-13-17-9-11(14)12(18-13)19(8-3-6-15)10-4-5-10/h9-10H,2-5,7-8H2,1H3,(H,16,17,18). The van der Waals surface area contributed by atoms with Crippen molar-refractivity contribution >= 4 is 27.7 Å². The van der Waals surface area contributed by atoms with E-state index in [-0.39, 0.29) is 0 Å². The van der Waals surface area contributed by atoms with E-state index >= 15 is 0 Å². The molecule has 0 aliphatic heterocycles. The van der Waals surface area contributed by atoms with Crippen LogP contribution in [0.3, 0.4) is 0 Å². The van der Waals surface area contributed by atoms with Gasteiger partial charge in [-0.2, -0.15) is 10.2 Å². The molecule has 1 aliphatic carbocycles. The van der Waals surface area contributed by atoms with Crippen molar-refractivity contribution in [1.82, 2.24) is 9.97 Å². The van der Waals surface area contributed by atoms with E-state index in [1.54, 1.807) is 6.20 Å². The van der Waals surface area contributed by atoms with Gasteiger partial charge in [-0.25, -0.2) is 4.98 Å². The van der Waals surface area contributed by atoms with Crippen molar-refractivity contribution in [3.8, 4) is 6.07 Å². The highest BCUT2D eigenvalue weighted by Crippen LogP contribution is 2.34. The van der Waals surface area contributed by atoms with Gasteiger partial charge in [0.15, 0.2) is 0 Å². The van der Waals surface area contributed by atoms with Crippen LogP contribution in [0.15, 0.2) is 10.7 Å². The Balaban J connectivity index is 2.17. The van der Waals surface area contributed by atoms with E-state index in [0.29, 0.717) is 18.4 Å². The molecule has 0 amide bonds. The zero-order valence-electron chi connectivity index (χ0n) is 11.1. The molecule has 0 saturated heterocycles. The molecule has 19 heavy (non-hydrogen) atoms. The predicted octanol–water partition coefficient (Wildman–Crippen LogP) is 2.94. The van der Waals surface area contributed by atoms with Gasteiger partial charge in [-0.1, -0.05) is 6.92 Å². The number of nitriles is 1. The molecule has 6 heteroatoms. The monoisotopic (exact) mass is 323 g/mol. The van der Waals surface area contributed by atoms with Crippen LogP contribution in [-0.4, -0.2) is 29.1 Å². The summed E-state index contributed by atoms with van der Waals surface area (Å²) in [6.07, 6.45) is 5.70. The Hall–Kier alpha value is -1.35. The van der Waals surface area contributed by atoms with Crippen molar-refractivity contribution < 1.29 is 0 Å². The van der Waals surface area contributed by atoms with E-state index in [0.717, 1.165) is 29.8 Å². The molecule has 1 heterocycles. The molecule has 0 spiro atoms. The zero-order chi connectivity index (χ0) is 13.7. The molecule has 1 N–H and O–H groups in total. The van der Waals surface area contributed by atoms with Crippen LogP contribution in [0.5, 0.6) is 0 Å². The summed E-state index contributed by atoms with van der Waals surface area (Å²) in [5.41, 5.74) is 0. The molecule has 1 aliphatic rings. The van der Waals surface area contributed by atoms with E-state index < -0.39 is 0 Å². The summed E-state index contributed by atoms with van der Waals surface area (Å²) in [5, 5.41) is 12.0. The van der Waals surface area contributed by atoms with E-state index in [1.165, 1.54) is 12.8 Å².